The van der Waals surface area contributed by atoms with Crippen molar-refractivity contribution in [2.75, 3.05) is 0 Å². The maximum Gasteiger partial charge on any atom is 0.194 e. The monoisotopic (exact) mass is 230 g/mol. The van der Waals surface area contributed by atoms with Gasteiger partial charge in [0.15, 0.2) is 17.5 Å². The van der Waals surface area contributed by atoms with E-state index in [1.54, 1.807) is 0 Å². The lowest BCUT2D eigenvalue weighted by molar-refractivity contribution is 0.106. The molecule has 1 saturated carbocycles. The van der Waals surface area contributed by atoms with Gasteiger partial charge in [-0.05, 0) is 30.5 Å². The second kappa shape index (κ2) is 4.45. The van der Waals surface area contributed by atoms with Crippen molar-refractivity contribution in [2.24, 2.45) is 0 Å². The summed E-state index contributed by atoms with van der Waals surface area (Å²) in [4.78, 5) is 0. The summed E-state index contributed by atoms with van der Waals surface area (Å²) in [5, 5.41) is 9.73. The molecule has 4 heteroatoms. The third-order valence-electron chi connectivity index (χ3n) is 3.16. The Morgan fingerprint density at radius 2 is 1.56 bits per heavy atom. The largest absolute Gasteiger partial charge is 0.392 e. The minimum atomic E-state index is -1.45. The van der Waals surface area contributed by atoms with Gasteiger partial charge in [0, 0.05) is 5.92 Å². The molecule has 0 amide bonds. The Kier molecular flexibility index (Phi) is 3.19. The molecule has 1 fully saturated rings. The molecule has 0 aromatic heterocycles. The summed E-state index contributed by atoms with van der Waals surface area (Å²) in [6.45, 7) is 0. The van der Waals surface area contributed by atoms with Crippen LogP contribution in [0.3, 0.4) is 0 Å². The smallest absolute Gasteiger partial charge is 0.194 e. The Bertz CT molecular complexity index is 369. The second-order valence-electron chi connectivity index (χ2n) is 4.26. The molecule has 0 unspecified atom stereocenters. The van der Waals surface area contributed by atoms with Gasteiger partial charge in [-0.25, -0.2) is 13.2 Å². The number of aliphatic hydroxyl groups excluding tert-OH is 1. The molecule has 1 aliphatic carbocycles. The fourth-order valence-electron chi connectivity index (χ4n) is 2.29. The first-order valence-electron chi connectivity index (χ1n) is 5.42. The van der Waals surface area contributed by atoms with Gasteiger partial charge >= 0.3 is 0 Å². The summed E-state index contributed by atoms with van der Waals surface area (Å²) in [5.74, 6) is -4.10. The Balaban J connectivity index is 2.32. The number of rotatable bonds is 1. The van der Waals surface area contributed by atoms with Gasteiger partial charge in [-0.15, -0.1) is 0 Å². The zero-order chi connectivity index (χ0) is 11.7. The molecule has 1 aliphatic rings. The highest BCUT2D eigenvalue weighted by Crippen LogP contribution is 2.34. The molecule has 0 spiro atoms. The van der Waals surface area contributed by atoms with Crippen LogP contribution in [0.5, 0.6) is 0 Å². The summed E-state index contributed by atoms with van der Waals surface area (Å²) in [6, 6.07) is 1.97. The van der Waals surface area contributed by atoms with Crippen LogP contribution in [0.2, 0.25) is 0 Å². The average molecular weight is 230 g/mol. The second-order valence-corrected chi connectivity index (χ2v) is 4.26. The van der Waals surface area contributed by atoms with Gasteiger partial charge in [-0.3, -0.25) is 0 Å². The first-order valence-corrected chi connectivity index (χ1v) is 5.42. The summed E-state index contributed by atoms with van der Waals surface area (Å²) in [6.07, 6.45) is 2.57. The Labute approximate surface area is 91.9 Å². The SMILES string of the molecule is O[C@H]1CCCC[C@@H]1c1cc(F)c(F)c(F)c1. The Morgan fingerprint density at radius 3 is 2.12 bits per heavy atom. The molecule has 1 N–H and O–H groups in total. The van der Waals surface area contributed by atoms with Gasteiger partial charge in [0.05, 0.1) is 6.10 Å². The summed E-state index contributed by atoms with van der Waals surface area (Å²) < 4.78 is 38.8. The van der Waals surface area contributed by atoms with E-state index in [-0.39, 0.29) is 5.92 Å². The van der Waals surface area contributed by atoms with Gasteiger partial charge in [0.25, 0.3) is 0 Å². The van der Waals surface area contributed by atoms with Crippen LogP contribution in [0.1, 0.15) is 37.2 Å². The van der Waals surface area contributed by atoms with E-state index in [0.29, 0.717) is 18.4 Å². The summed E-state index contributed by atoms with van der Waals surface area (Å²) in [7, 11) is 0. The minimum absolute atomic E-state index is 0.279. The molecule has 16 heavy (non-hydrogen) atoms. The third-order valence-corrected chi connectivity index (χ3v) is 3.16. The van der Waals surface area contributed by atoms with Gasteiger partial charge in [-0.2, -0.15) is 0 Å². The van der Waals surface area contributed by atoms with Crippen molar-refractivity contribution in [3.63, 3.8) is 0 Å². The molecule has 1 aromatic rings. The number of hydrogen-bond acceptors (Lipinski definition) is 1. The van der Waals surface area contributed by atoms with E-state index in [0.717, 1.165) is 25.0 Å². The number of halogens is 3. The topological polar surface area (TPSA) is 20.2 Å². The molecule has 2 rings (SSSR count). The zero-order valence-electron chi connectivity index (χ0n) is 8.72. The van der Waals surface area contributed by atoms with E-state index in [9.17, 15) is 18.3 Å². The maximum absolute atomic E-state index is 13.0. The van der Waals surface area contributed by atoms with Crippen molar-refractivity contribution in [3.8, 4) is 0 Å². The lowest BCUT2D eigenvalue weighted by atomic mass is 9.82. The molecule has 0 aliphatic heterocycles. The third kappa shape index (κ3) is 2.07. The zero-order valence-corrected chi connectivity index (χ0v) is 8.72. The van der Waals surface area contributed by atoms with E-state index in [2.05, 4.69) is 0 Å². The van der Waals surface area contributed by atoms with Crippen LogP contribution in [-0.2, 0) is 0 Å². The van der Waals surface area contributed by atoms with Crippen LogP contribution >= 0.6 is 0 Å². The van der Waals surface area contributed by atoms with Crippen LogP contribution in [0.4, 0.5) is 13.2 Å². The van der Waals surface area contributed by atoms with Crippen LogP contribution < -0.4 is 0 Å². The van der Waals surface area contributed by atoms with E-state index in [1.807, 2.05) is 0 Å². The molecule has 2 atom stereocenters. The molecular formula is C12H13F3O. The normalized spacial score (nSPS) is 25.8. The van der Waals surface area contributed by atoms with E-state index in [1.165, 1.54) is 0 Å². The molecule has 0 radical (unpaired) electrons. The van der Waals surface area contributed by atoms with E-state index in [4.69, 9.17) is 0 Å². The number of hydrogen-bond donors (Lipinski definition) is 1. The number of aliphatic hydroxyl groups is 1. The Hall–Kier alpha value is -1.03. The predicted molar refractivity (Wildman–Crippen MR) is 53.5 cm³/mol. The molecule has 0 saturated heterocycles. The van der Waals surface area contributed by atoms with Crippen molar-refractivity contribution in [3.05, 3.63) is 35.1 Å². The van der Waals surface area contributed by atoms with Crippen LogP contribution in [-0.4, -0.2) is 11.2 Å². The average Bonchev–Trinajstić information content (AvgIpc) is 2.26. The van der Waals surface area contributed by atoms with Crippen molar-refractivity contribution in [2.45, 2.75) is 37.7 Å². The molecule has 0 heterocycles. The standard InChI is InChI=1S/C12H13F3O/c13-9-5-7(6-10(14)12(9)15)8-3-1-2-4-11(8)16/h5-6,8,11,16H,1-4H2/t8-,11+/m1/s1. The van der Waals surface area contributed by atoms with E-state index >= 15 is 0 Å². The molecule has 0 bridgehead atoms. The van der Waals surface area contributed by atoms with Gasteiger partial charge in [0.2, 0.25) is 0 Å². The Morgan fingerprint density at radius 1 is 1.00 bits per heavy atom. The quantitative estimate of drug-likeness (QED) is 0.735. The van der Waals surface area contributed by atoms with Crippen LogP contribution in [0.25, 0.3) is 0 Å². The lowest BCUT2D eigenvalue weighted by Crippen LogP contribution is -2.22. The van der Waals surface area contributed by atoms with Crippen molar-refractivity contribution < 1.29 is 18.3 Å². The molecule has 88 valence electrons. The first kappa shape index (κ1) is 11.5. The van der Waals surface area contributed by atoms with E-state index < -0.39 is 23.6 Å². The lowest BCUT2D eigenvalue weighted by Gasteiger charge is -2.27. The summed E-state index contributed by atoms with van der Waals surface area (Å²) >= 11 is 0. The molecular weight excluding hydrogens is 217 g/mol. The van der Waals surface area contributed by atoms with Crippen molar-refractivity contribution >= 4 is 0 Å². The van der Waals surface area contributed by atoms with Gasteiger partial charge < -0.3 is 5.11 Å². The highest BCUT2D eigenvalue weighted by Gasteiger charge is 2.26. The van der Waals surface area contributed by atoms with Gasteiger partial charge in [0.1, 0.15) is 0 Å². The minimum Gasteiger partial charge on any atom is -0.392 e. The molecule has 1 nitrogen and oxygen atoms in total. The maximum atomic E-state index is 13.0. The fraction of sp³-hybridized carbons (Fsp3) is 0.500. The highest BCUT2D eigenvalue weighted by atomic mass is 19.2. The van der Waals surface area contributed by atoms with Gasteiger partial charge in [-0.1, -0.05) is 12.8 Å². The number of benzene rings is 1. The van der Waals surface area contributed by atoms with Crippen LogP contribution in [0.15, 0.2) is 12.1 Å². The summed E-state index contributed by atoms with van der Waals surface area (Å²) in [5.41, 5.74) is 0.351. The molecule has 1 aromatic carbocycles. The highest BCUT2D eigenvalue weighted by molar-refractivity contribution is 5.24. The van der Waals surface area contributed by atoms with Crippen molar-refractivity contribution in [1.29, 1.82) is 0 Å². The predicted octanol–water partition coefficient (Wildman–Crippen LogP) is 3.12. The first-order chi connectivity index (χ1) is 7.59. The van der Waals surface area contributed by atoms with Crippen LogP contribution in [0, 0.1) is 17.5 Å². The van der Waals surface area contributed by atoms with Crippen molar-refractivity contribution in [1.82, 2.24) is 0 Å². The fourth-order valence-corrected chi connectivity index (χ4v) is 2.29.